The lowest BCUT2D eigenvalue weighted by atomic mass is 10.1. The van der Waals surface area contributed by atoms with Gasteiger partial charge in [-0.2, -0.15) is 5.10 Å². The van der Waals surface area contributed by atoms with Crippen molar-refractivity contribution in [3.63, 3.8) is 0 Å². The Hall–Kier alpha value is -4.06. The fraction of sp³-hybridized carbons (Fsp3) is 0.120. The van der Waals surface area contributed by atoms with Gasteiger partial charge in [-0.25, -0.2) is 4.68 Å². The number of rotatable bonds is 8. The summed E-state index contributed by atoms with van der Waals surface area (Å²) in [6.45, 7) is 0.635. The number of ether oxygens (including phenoxy) is 2. The Kier molecular flexibility index (Phi) is 6.28. The third-order valence-electron chi connectivity index (χ3n) is 4.81. The van der Waals surface area contributed by atoms with Crippen LogP contribution in [0.25, 0.3) is 11.1 Å². The summed E-state index contributed by atoms with van der Waals surface area (Å²) in [6, 6.07) is 27.3. The van der Waals surface area contributed by atoms with Crippen molar-refractivity contribution in [1.82, 2.24) is 15.1 Å². The molecule has 1 heterocycles. The summed E-state index contributed by atoms with van der Waals surface area (Å²) >= 11 is 0. The Bertz CT molecular complexity index is 1120. The molecule has 0 radical (unpaired) electrons. The topological polar surface area (TPSA) is 65.4 Å². The van der Waals surface area contributed by atoms with Crippen molar-refractivity contribution in [2.45, 2.75) is 13.3 Å². The number of aromatic nitrogens is 2. The molecule has 6 heteroatoms. The molecule has 0 spiro atoms. The molecule has 0 aliphatic heterocycles. The number of carbonyl (C=O) groups excluding carboxylic acids is 1. The molecule has 1 N–H and O–H groups in total. The van der Waals surface area contributed by atoms with E-state index in [9.17, 15) is 4.79 Å². The van der Waals surface area contributed by atoms with Crippen LogP contribution < -0.4 is 14.8 Å². The van der Waals surface area contributed by atoms with Crippen molar-refractivity contribution in [3.05, 3.63) is 102 Å². The summed E-state index contributed by atoms with van der Waals surface area (Å²) < 4.78 is 12.5. The zero-order valence-corrected chi connectivity index (χ0v) is 17.2. The number of nitrogens with zero attached hydrogens (tertiary/aromatic N) is 2. The van der Waals surface area contributed by atoms with Gasteiger partial charge in [0.2, 0.25) is 0 Å². The molecule has 1 amide bonds. The fourth-order valence-electron chi connectivity index (χ4n) is 3.09. The van der Waals surface area contributed by atoms with Crippen LogP contribution in [0.15, 0.2) is 91.1 Å². The summed E-state index contributed by atoms with van der Waals surface area (Å²) in [4.78, 5) is 12.3. The van der Waals surface area contributed by atoms with Gasteiger partial charge in [-0.3, -0.25) is 4.79 Å². The van der Waals surface area contributed by atoms with Crippen molar-refractivity contribution < 1.29 is 14.3 Å². The smallest absolute Gasteiger partial charge is 0.272 e. The summed E-state index contributed by atoms with van der Waals surface area (Å²) in [5.74, 6) is 1.28. The Balaban J connectivity index is 1.28. The lowest BCUT2D eigenvalue weighted by Crippen LogP contribution is -2.23. The van der Waals surface area contributed by atoms with E-state index < -0.39 is 0 Å². The van der Waals surface area contributed by atoms with Gasteiger partial charge in [-0.1, -0.05) is 54.6 Å². The van der Waals surface area contributed by atoms with Gasteiger partial charge >= 0.3 is 0 Å². The highest BCUT2D eigenvalue weighted by Crippen LogP contribution is 2.22. The average Bonchev–Trinajstić information content (AvgIpc) is 3.32. The van der Waals surface area contributed by atoms with Crippen molar-refractivity contribution in [3.8, 4) is 22.6 Å². The quantitative estimate of drug-likeness (QED) is 0.461. The minimum atomic E-state index is -0.234. The van der Waals surface area contributed by atoms with Crippen LogP contribution in [-0.2, 0) is 13.3 Å². The SMILES string of the molecule is COc1ccc(CNC(=O)c2ccn(COc3ccc(-c4ccccc4)cc3)n2)cc1. The maximum absolute atomic E-state index is 12.3. The first-order valence-electron chi connectivity index (χ1n) is 9.94. The van der Waals surface area contributed by atoms with E-state index in [1.54, 1.807) is 24.1 Å². The van der Waals surface area contributed by atoms with Crippen molar-refractivity contribution >= 4 is 5.91 Å². The lowest BCUT2D eigenvalue weighted by Gasteiger charge is -2.08. The van der Waals surface area contributed by atoms with Gasteiger partial charge in [0.25, 0.3) is 5.91 Å². The molecular weight excluding hydrogens is 390 g/mol. The van der Waals surface area contributed by atoms with Gasteiger partial charge in [-0.15, -0.1) is 0 Å². The normalized spacial score (nSPS) is 10.5. The van der Waals surface area contributed by atoms with Gasteiger partial charge < -0.3 is 14.8 Å². The monoisotopic (exact) mass is 413 g/mol. The van der Waals surface area contributed by atoms with Crippen LogP contribution in [0.4, 0.5) is 0 Å². The second kappa shape index (κ2) is 9.63. The summed E-state index contributed by atoms with van der Waals surface area (Å²) in [5.41, 5.74) is 3.61. The Morgan fingerprint density at radius 2 is 1.55 bits per heavy atom. The summed E-state index contributed by atoms with van der Waals surface area (Å²) in [6.07, 6.45) is 1.72. The van der Waals surface area contributed by atoms with Gasteiger partial charge in [0.1, 0.15) is 17.2 Å². The summed E-state index contributed by atoms with van der Waals surface area (Å²) in [7, 11) is 1.62. The van der Waals surface area contributed by atoms with Gasteiger partial charge in [0, 0.05) is 12.7 Å². The number of carbonyl (C=O) groups is 1. The third-order valence-corrected chi connectivity index (χ3v) is 4.81. The molecule has 1 aromatic heterocycles. The number of hydrogen-bond donors (Lipinski definition) is 1. The van der Waals surface area contributed by atoms with Crippen LogP contribution in [0, 0.1) is 0 Å². The second-order valence-corrected chi connectivity index (χ2v) is 6.94. The maximum Gasteiger partial charge on any atom is 0.272 e. The molecule has 3 aromatic carbocycles. The zero-order valence-electron chi connectivity index (χ0n) is 17.2. The minimum absolute atomic E-state index is 0.219. The van der Waals surface area contributed by atoms with Crippen LogP contribution in [-0.4, -0.2) is 22.8 Å². The first kappa shape index (κ1) is 20.2. The van der Waals surface area contributed by atoms with E-state index in [0.717, 1.165) is 28.2 Å². The second-order valence-electron chi connectivity index (χ2n) is 6.94. The van der Waals surface area contributed by atoms with Gasteiger partial charge in [0.15, 0.2) is 6.73 Å². The molecule has 0 bridgehead atoms. The first-order chi connectivity index (χ1) is 15.2. The van der Waals surface area contributed by atoms with E-state index in [2.05, 4.69) is 22.5 Å². The van der Waals surface area contributed by atoms with Crippen LogP contribution in [0.1, 0.15) is 16.1 Å². The molecule has 0 saturated carbocycles. The molecular formula is C25H23N3O3. The average molecular weight is 413 g/mol. The largest absolute Gasteiger partial charge is 0.497 e. The van der Waals surface area contributed by atoms with Gasteiger partial charge in [-0.05, 0) is 47.0 Å². The van der Waals surface area contributed by atoms with Crippen LogP contribution in [0.3, 0.4) is 0 Å². The number of nitrogens with one attached hydrogen (secondary N) is 1. The number of methoxy groups -OCH3 is 1. The number of benzene rings is 3. The summed E-state index contributed by atoms with van der Waals surface area (Å²) in [5, 5.41) is 7.15. The highest BCUT2D eigenvalue weighted by Gasteiger charge is 2.09. The van der Waals surface area contributed by atoms with Gasteiger partial charge in [0.05, 0.1) is 7.11 Å². The lowest BCUT2D eigenvalue weighted by molar-refractivity contribution is 0.0944. The predicted octanol–water partition coefficient (Wildman–Crippen LogP) is 4.53. The molecule has 0 unspecified atom stereocenters. The number of amides is 1. The Morgan fingerprint density at radius 3 is 2.26 bits per heavy atom. The molecule has 31 heavy (non-hydrogen) atoms. The van der Waals surface area contributed by atoms with E-state index in [1.165, 1.54) is 0 Å². The molecule has 6 nitrogen and oxygen atoms in total. The highest BCUT2D eigenvalue weighted by atomic mass is 16.5. The molecule has 4 aromatic rings. The van der Waals surface area contributed by atoms with E-state index in [0.29, 0.717) is 12.2 Å². The first-order valence-corrected chi connectivity index (χ1v) is 9.94. The van der Waals surface area contributed by atoms with Crippen molar-refractivity contribution in [2.24, 2.45) is 0 Å². The van der Waals surface area contributed by atoms with E-state index in [-0.39, 0.29) is 12.6 Å². The van der Waals surface area contributed by atoms with E-state index in [1.807, 2.05) is 66.7 Å². The Morgan fingerprint density at radius 1 is 0.871 bits per heavy atom. The molecule has 4 rings (SSSR count). The Labute approximate surface area is 181 Å². The van der Waals surface area contributed by atoms with Crippen molar-refractivity contribution in [2.75, 3.05) is 7.11 Å². The number of hydrogen-bond acceptors (Lipinski definition) is 4. The van der Waals surface area contributed by atoms with Crippen LogP contribution in [0.5, 0.6) is 11.5 Å². The third kappa shape index (κ3) is 5.30. The molecule has 0 atom stereocenters. The molecule has 0 aliphatic carbocycles. The zero-order chi connectivity index (χ0) is 21.5. The minimum Gasteiger partial charge on any atom is -0.497 e. The van der Waals surface area contributed by atoms with E-state index >= 15 is 0 Å². The fourth-order valence-corrected chi connectivity index (χ4v) is 3.09. The standard InChI is InChI=1S/C25H23N3O3/c1-30-22-11-7-19(8-12-22)17-26-25(29)24-15-16-28(27-24)18-31-23-13-9-21(10-14-23)20-5-3-2-4-6-20/h2-16H,17-18H2,1H3,(H,26,29). The molecule has 0 aliphatic rings. The highest BCUT2D eigenvalue weighted by molar-refractivity contribution is 5.92. The van der Waals surface area contributed by atoms with Crippen LogP contribution >= 0.6 is 0 Å². The molecule has 0 fully saturated rings. The van der Waals surface area contributed by atoms with Crippen LogP contribution in [0.2, 0.25) is 0 Å². The molecule has 0 saturated heterocycles. The van der Waals surface area contributed by atoms with Crippen molar-refractivity contribution in [1.29, 1.82) is 0 Å². The van der Waals surface area contributed by atoms with E-state index in [4.69, 9.17) is 9.47 Å². The predicted molar refractivity (Wildman–Crippen MR) is 119 cm³/mol. The molecule has 156 valence electrons. The maximum atomic E-state index is 12.3.